The van der Waals surface area contributed by atoms with Gasteiger partial charge in [0.05, 0.1) is 37.3 Å². The maximum absolute atomic E-state index is 13.0. The van der Waals surface area contributed by atoms with E-state index in [9.17, 15) is 4.79 Å². The number of ether oxygens (including phenoxy) is 2. The average molecular weight is 415 g/mol. The average Bonchev–Trinajstić information content (AvgIpc) is 3.09. The summed E-state index contributed by atoms with van der Waals surface area (Å²) < 4.78 is 14.1. The third-order valence-electron chi connectivity index (χ3n) is 5.77. The normalized spacial score (nSPS) is 19.1. The summed E-state index contributed by atoms with van der Waals surface area (Å²) in [5.74, 6) is 0.978. The van der Waals surface area contributed by atoms with Gasteiger partial charge in [0.2, 0.25) is 0 Å². The van der Waals surface area contributed by atoms with E-state index in [2.05, 4.69) is 25.7 Å². The minimum absolute atomic E-state index is 0.0350. The number of pyridine rings is 1. The SMILES string of the molecule is CCCn1cnc2c(sc3nc(N4CCOCC4)c4c(c32)CC(C)(C)OC4)c1=O. The number of aromatic nitrogens is 3. The van der Waals surface area contributed by atoms with Crippen molar-refractivity contribution in [3.05, 3.63) is 27.8 Å². The molecule has 0 atom stereocenters. The first-order valence-corrected chi connectivity index (χ1v) is 11.1. The van der Waals surface area contributed by atoms with Crippen LogP contribution >= 0.6 is 11.3 Å². The number of anilines is 1. The lowest BCUT2D eigenvalue weighted by Crippen LogP contribution is -2.39. The molecule has 0 saturated carbocycles. The number of nitrogens with zero attached hydrogens (tertiary/aromatic N) is 4. The lowest BCUT2D eigenvalue weighted by atomic mass is 9.90. The van der Waals surface area contributed by atoms with E-state index >= 15 is 0 Å². The highest BCUT2D eigenvalue weighted by Crippen LogP contribution is 2.42. The van der Waals surface area contributed by atoms with Gasteiger partial charge in [-0.05, 0) is 25.8 Å². The van der Waals surface area contributed by atoms with Gasteiger partial charge in [0.25, 0.3) is 5.56 Å². The molecular weight excluding hydrogens is 388 g/mol. The molecule has 3 aromatic heterocycles. The molecule has 3 aromatic rings. The largest absolute Gasteiger partial charge is 0.378 e. The first-order valence-electron chi connectivity index (χ1n) is 10.3. The van der Waals surface area contributed by atoms with Crippen molar-refractivity contribution >= 4 is 37.6 Å². The van der Waals surface area contributed by atoms with Crippen LogP contribution in [0.1, 0.15) is 38.3 Å². The first-order chi connectivity index (χ1) is 14.0. The summed E-state index contributed by atoms with van der Waals surface area (Å²) in [6.07, 6.45) is 3.37. The molecule has 1 fully saturated rings. The molecule has 5 rings (SSSR count). The molecule has 2 aliphatic rings. The van der Waals surface area contributed by atoms with Crippen LogP contribution in [0.4, 0.5) is 5.82 Å². The lowest BCUT2D eigenvalue weighted by Gasteiger charge is -2.36. The summed E-state index contributed by atoms with van der Waals surface area (Å²) in [5.41, 5.74) is 2.94. The molecule has 1 saturated heterocycles. The van der Waals surface area contributed by atoms with Gasteiger partial charge in [-0.25, -0.2) is 9.97 Å². The zero-order valence-corrected chi connectivity index (χ0v) is 18.0. The minimum atomic E-state index is -0.255. The molecule has 29 heavy (non-hydrogen) atoms. The summed E-state index contributed by atoms with van der Waals surface area (Å²) >= 11 is 1.47. The van der Waals surface area contributed by atoms with Crippen molar-refractivity contribution < 1.29 is 9.47 Å². The van der Waals surface area contributed by atoms with Crippen molar-refractivity contribution in [1.82, 2.24) is 14.5 Å². The van der Waals surface area contributed by atoms with Crippen LogP contribution in [0.15, 0.2) is 11.1 Å². The Morgan fingerprint density at radius 2 is 2.03 bits per heavy atom. The Morgan fingerprint density at radius 1 is 1.24 bits per heavy atom. The van der Waals surface area contributed by atoms with Gasteiger partial charge >= 0.3 is 0 Å². The maximum Gasteiger partial charge on any atom is 0.271 e. The third kappa shape index (κ3) is 3.14. The van der Waals surface area contributed by atoms with Crippen LogP contribution in [0, 0.1) is 0 Å². The molecule has 8 heteroatoms. The quantitative estimate of drug-likeness (QED) is 0.656. The number of aryl methyl sites for hydroxylation is 1. The zero-order chi connectivity index (χ0) is 20.2. The first kappa shape index (κ1) is 19.0. The summed E-state index contributed by atoms with van der Waals surface area (Å²) in [6.45, 7) is 10.6. The molecule has 0 amide bonds. The van der Waals surface area contributed by atoms with Crippen LogP contribution in [0.2, 0.25) is 0 Å². The van der Waals surface area contributed by atoms with Gasteiger partial charge in [0.1, 0.15) is 15.3 Å². The number of rotatable bonds is 3. The number of thiophene rings is 1. The summed E-state index contributed by atoms with van der Waals surface area (Å²) in [5, 5.41) is 1.04. The lowest BCUT2D eigenvalue weighted by molar-refractivity contribution is -0.0396. The third-order valence-corrected chi connectivity index (χ3v) is 6.83. The monoisotopic (exact) mass is 414 g/mol. The molecule has 2 aliphatic heterocycles. The Kier molecular flexibility index (Phi) is 4.60. The highest BCUT2D eigenvalue weighted by Gasteiger charge is 2.33. The Labute approximate surface area is 173 Å². The molecule has 0 spiro atoms. The van der Waals surface area contributed by atoms with Gasteiger partial charge in [-0.1, -0.05) is 6.92 Å². The molecule has 0 aliphatic carbocycles. The van der Waals surface area contributed by atoms with Gasteiger partial charge < -0.3 is 14.4 Å². The number of fused-ring (bicyclic) bond motifs is 5. The molecule has 7 nitrogen and oxygen atoms in total. The minimum Gasteiger partial charge on any atom is -0.378 e. The Bertz CT molecular complexity index is 1140. The second-order valence-corrected chi connectivity index (χ2v) is 9.42. The smallest absolute Gasteiger partial charge is 0.271 e. The van der Waals surface area contributed by atoms with E-state index in [1.807, 2.05) is 0 Å². The molecule has 5 heterocycles. The van der Waals surface area contributed by atoms with E-state index in [-0.39, 0.29) is 11.2 Å². The van der Waals surface area contributed by atoms with Crippen molar-refractivity contribution in [3.63, 3.8) is 0 Å². The van der Waals surface area contributed by atoms with E-state index in [1.165, 1.54) is 16.9 Å². The van der Waals surface area contributed by atoms with Crippen molar-refractivity contribution in [1.29, 1.82) is 0 Å². The number of hydrogen-bond donors (Lipinski definition) is 0. The standard InChI is InChI=1S/C21H26N4O3S/c1-4-5-25-12-22-16-15-13-10-21(2,3)28-11-14(13)18(24-6-8-27-9-7-24)23-19(15)29-17(16)20(25)26/h12H,4-11H2,1-3H3. The fourth-order valence-corrected chi connectivity index (χ4v) is 5.42. The summed E-state index contributed by atoms with van der Waals surface area (Å²) in [4.78, 5) is 26.0. The molecule has 0 radical (unpaired) electrons. The fourth-order valence-electron chi connectivity index (χ4n) is 4.32. The van der Waals surface area contributed by atoms with Crippen LogP contribution < -0.4 is 10.5 Å². The number of hydrogen-bond acceptors (Lipinski definition) is 7. The predicted molar refractivity (Wildman–Crippen MR) is 115 cm³/mol. The van der Waals surface area contributed by atoms with E-state index in [1.54, 1.807) is 10.9 Å². The van der Waals surface area contributed by atoms with Gasteiger partial charge in [-0.3, -0.25) is 9.36 Å². The zero-order valence-electron chi connectivity index (χ0n) is 17.2. The van der Waals surface area contributed by atoms with Crippen LogP contribution in [0.3, 0.4) is 0 Å². The highest BCUT2D eigenvalue weighted by molar-refractivity contribution is 7.25. The van der Waals surface area contributed by atoms with E-state index in [0.29, 0.717) is 31.1 Å². The van der Waals surface area contributed by atoms with Gasteiger partial charge in [-0.15, -0.1) is 11.3 Å². The Hall–Kier alpha value is -2.03. The van der Waals surface area contributed by atoms with Crippen molar-refractivity contribution in [2.24, 2.45) is 0 Å². The van der Waals surface area contributed by atoms with Gasteiger partial charge in [0, 0.05) is 37.0 Å². The maximum atomic E-state index is 13.0. The van der Waals surface area contributed by atoms with Crippen LogP contribution in [0.25, 0.3) is 20.4 Å². The van der Waals surface area contributed by atoms with E-state index < -0.39 is 0 Å². The van der Waals surface area contributed by atoms with Crippen LogP contribution in [0.5, 0.6) is 0 Å². The van der Waals surface area contributed by atoms with E-state index in [0.717, 1.165) is 53.0 Å². The van der Waals surface area contributed by atoms with Crippen LogP contribution in [-0.2, 0) is 29.0 Å². The highest BCUT2D eigenvalue weighted by atomic mass is 32.1. The second kappa shape index (κ2) is 7.04. The molecule has 0 aromatic carbocycles. The molecule has 0 N–H and O–H groups in total. The molecular formula is C21H26N4O3S. The van der Waals surface area contributed by atoms with Gasteiger partial charge in [-0.2, -0.15) is 0 Å². The molecule has 0 unspecified atom stereocenters. The summed E-state index contributed by atoms with van der Waals surface area (Å²) in [7, 11) is 0. The number of morpholine rings is 1. The Morgan fingerprint density at radius 3 is 2.79 bits per heavy atom. The molecule has 0 bridgehead atoms. The Balaban J connectivity index is 1.79. The summed E-state index contributed by atoms with van der Waals surface area (Å²) in [6, 6.07) is 0. The topological polar surface area (TPSA) is 69.5 Å². The van der Waals surface area contributed by atoms with Crippen LogP contribution in [-0.4, -0.2) is 46.4 Å². The van der Waals surface area contributed by atoms with Gasteiger partial charge in [0.15, 0.2) is 0 Å². The molecule has 154 valence electrons. The second-order valence-electron chi connectivity index (χ2n) is 8.42. The van der Waals surface area contributed by atoms with E-state index in [4.69, 9.17) is 19.4 Å². The van der Waals surface area contributed by atoms with Crippen molar-refractivity contribution in [2.45, 2.75) is 52.4 Å². The van der Waals surface area contributed by atoms with Crippen molar-refractivity contribution in [3.8, 4) is 0 Å². The predicted octanol–water partition coefficient (Wildman–Crippen LogP) is 3.10. The van der Waals surface area contributed by atoms with Crippen molar-refractivity contribution in [2.75, 3.05) is 31.2 Å². The fraction of sp³-hybridized carbons (Fsp3) is 0.571.